The van der Waals surface area contributed by atoms with Crippen LogP contribution in [-0.2, 0) is 11.3 Å². The number of amidine groups is 2. The first-order chi connectivity index (χ1) is 15.3. The molecule has 2 aliphatic rings. The van der Waals surface area contributed by atoms with E-state index in [1.165, 1.54) is 22.8 Å². The fourth-order valence-electron chi connectivity index (χ4n) is 4.04. The number of carbonyl (C=O) groups is 1. The molecule has 0 aliphatic carbocycles. The van der Waals surface area contributed by atoms with E-state index in [1.807, 2.05) is 49.6 Å². The fourth-order valence-corrected chi connectivity index (χ4v) is 4.77. The van der Waals surface area contributed by atoms with Crippen molar-refractivity contribution in [3.05, 3.63) is 76.2 Å². The molecule has 0 atom stereocenters. The van der Waals surface area contributed by atoms with Gasteiger partial charge >= 0.3 is 0 Å². The summed E-state index contributed by atoms with van der Waals surface area (Å²) in [5.74, 6) is -0.709. The first kappa shape index (κ1) is 20.4. The molecule has 5 rings (SSSR count). The monoisotopic (exact) mass is 445 g/mol. The van der Waals surface area contributed by atoms with Crippen molar-refractivity contribution in [2.45, 2.75) is 27.3 Å². The van der Waals surface area contributed by atoms with Crippen LogP contribution in [0.3, 0.4) is 0 Å². The molecule has 1 aromatic heterocycles. The minimum absolute atomic E-state index is 0.00593. The number of thioether (sulfide) groups is 1. The minimum atomic E-state index is -0.458. The lowest BCUT2D eigenvalue weighted by Crippen LogP contribution is -2.35. The van der Waals surface area contributed by atoms with E-state index >= 15 is 0 Å². The van der Waals surface area contributed by atoms with Gasteiger partial charge in [-0.3, -0.25) is 10.2 Å². The molecule has 0 radical (unpaired) electrons. The number of hydrogen-bond acceptors (Lipinski definition) is 4. The summed E-state index contributed by atoms with van der Waals surface area (Å²) in [6, 6.07) is 12.8. The summed E-state index contributed by atoms with van der Waals surface area (Å²) < 4.78 is 16.4. The maximum Gasteiger partial charge on any atom is 0.283 e. The average molecular weight is 446 g/mol. The number of aromatic nitrogens is 1. The van der Waals surface area contributed by atoms with Crippen molar-refractivity contribution in [1.82, 2.24) is 9.58 Å². The molecule has 0 bridgehead atoms. The normalized spacial score (nSPS) is 17.2. The summed E-state index contributed by atoms with van der Waals surface area (Å²) in [6.45, 7) is 6.13. The Kier molecular flexibility index (Phi) is 4.82. The Morgan fingerprint density at radius 3 is 2.72 bits per heavy atom. The number of hydrogen-bond donors (Lipinski definition) is 1. The number of hydrazone groups is 1. The zero-order valence-corrected chi connectivity index (χ0v) is 18.6. The first-order valence-corrected chi connectivity index (χ1v) is 10.9. The molecule has 6 nitrogen and oxygen atoms in total. The van der Waals surface area contributed by atoms with Crippen LogP contribution in [0.25, 0.3) is 17.0 Å². The van der Waals surface area contributed by atoms with Crippen LogP contribution in [0, 0.1) is 25.1 Å². The van der Waals surface area contributed by atoms with Crippen molar-refractivity contribution in [2.75, 3.05) is 0 Å². The van der Waals surface area contributed by atoms with E-state index in [-0.39, 0.29) is 17.2 Å². The molecule has 8 heteroatoms. The third kappa shape index (κ3) is 3.27. The van der Waals surface area contributed by atoms with Gasteiger partial charge in [0.1, 0.15) is 5.82 Å². The zero-order valence-electron chi connectivity index (χ0n) is 17.8. The fraction of sp³-hybridized carbons (Fsp3) is 0.167. The number of benzene rings is 2. The van der Waals surface area contributed by atoms with E-state index in [4.69, 9.17) is 5.41 Å². The van der Waals surface area contributed by atoms with Crippen LogP contribution in [0.5, 0.6) is 0 Å². The summed E-state index contributed by atoms with van der Waals surface area (Å²) in [5.41, 5.74) is 4.48. The van der Waals surface area contributed by atoms with Crippen LogP contribution in [0.4, 0.5) is 4.39 Å². The van der Waals surface area contributed by atoms with Crippen LogP contribution in [0.1, 0.15) is 29.3 Å². The molecular weight excluding hydrogens is 425 g/mol. The van der Waals surface area contributed by atoms with Crippen LogP contribution in [-0.4, -0.2) is 31.5 Å². The van der Waals surface area contributed by atoms with Gasteiger partial charge in [0.15, 0.2) is 5.84 Å². The van der Waals surface area contributed by atoms with Crippen molar-refractivity contribution < 1.29 is 9.18 Å². The van der Waals surface area contributed by atoms with Gasteiger partial charge in [-0.2, -0.15) is 15.1 Å². The number of nitrogens with one attached hydrogen (secondary N) is 1. The van der Waals surface area contributed by atoms with Gasteiger partial charge in [0.05, 0.1) is 17.2 Å². The predicted octanol–water partition coefficient (Wildman–Crippen LogP) is 5.08. The van der Waals surface area contributed by atoms with Crippen LogP contribution < -0.4 is 0 Å². The van der Waals surface area contributed by atoms with Crippen molar-refractivity contribution in [3.63, 3.8) is 0 Å². The number of aryl methyl sites for hydroxylation is 1. The Labute approximate surface area is 188 Å². The second kappa shape index (κ2) is 7.56. The lowest BCUT2D eigenvalue weighted by molar-refractivity contribution is -0.114. The Balaban J connectivity index is 1.67. The summed E-state index contributed by atoms with van der Waals surface area (Å²) in [4.78, 5) is 16.9. The predicted molar refractivity (Wildman–Crippen MR) is 128 cm³/mol. The average Bonchev–Trinajstić information content (AvgIpc) is 3.24. The van der Waals surface area contributed by atoms with E-state index in [9.17, 15) is 9.18 Å². The highest BCUT2D eigenvalue weighted by molar-refractivity contribution is 8.26. The molecule has 2 aliphatic heterocycles. The molecule has 160 valence electrons. The van der Waals surface area contributed by atoms with Gasteiger partial charge in [0, 0.05) is 27.7 Å². The minimum Gasteiger partial charge on any atom is -0.340 e. The van der Waals surface area contributed by atoms with Gasteiger partial charge in [-0.25, -0.2) is 4.39 Å². The number of amides is 1. The Morgan fingerprint density at radius 1 is 1.16 bits per heavy atom. The Bertz CT molecular complexity index is 1420. The number of rotatable bonds is 3. The molecule has 32 heavy (non-hydrogen) atoms. The second-order valence-electron chi connectivity index (χ2n) is 7.84. The third-order valence-corrected chi connectivity index (χ3v) is 6.48. The summed E-state index contributed by atoms with van der Waals surface area (Å²) in [6.07, 6.45) is 1.72. The van der Waals surface area contributed by atoms with Gasteiger partial charge in [-0.05, 0) is 56.8 Å². The zero-order chi connectivity index (χ0) is 22.6. The van der Waals surface area contributed by atoms with Crippen molar-refractivity contribution in [1.29, 1.82) is 5.41 Å². The Morgan fingerprint density at radius 2 is 1.94 bits per heavy atom. The van der Waals surface area contributed by atoms with Gasteiger partial charge in [0.25, 0.3) is 5.91 Å². The largest absolute Gasteiger partial charge is 0.340 e. The van der Waals surface area contributed by atoms with E-state index < -0.39 is 5.91 Å². The Hall–Kier alpha value is -3.52. The number of fused-ring (bicyclic) bond motifs is 2. The molecule has 1 amide bonds. The molecule has 2 aromatic carbocycles. The van der Waals surface area contributed by atoms with Gasteiger partial charge in [-0.15, -0.1) is 0 Å². The maximum atomic E-state index is 14.4. The first-order valence-electron chi connectivity index (χ1n) is 10.1. The number of nitrogens with zero attached hydrogens (tertiary/aromatic N) is 4. The van der Waals surface area contributed by atoms with Crippen molar-refractivity contribution >= 4 is 50.7 Å². The third-order valence-electron chi connectivity index (χ3n) is 5.66. The number of carbonyl (C=O) groups excluding carboxylic acids is 1. The lowest BCUT2D eigenvalue weighted by Gasteiger charge is -2.20. The van der Waals surface area contributed by atoms with Crippen molar-refractivity contribution in [3.8, 4) is 0 Å². The highest BCUT2D eigenvalue weighted by atomic mass is 32.2. The van der Waals surface area contributed by atoms with E-state index in [1.54, 1.807) is 18.2 Å². The molecular formula is C24H20FN5OS. The summed E-state index contributed by atoms with van der Waals surface area (Å²) in [7, 11) is 0. The summed E-state index contributed by atoms with van der Waals surface area (Å²) >= 11 is 1.28. The molecule has 3 aromatic rings. The van der Waals surface area contributed by atoms with E-state index in [2.05, 4.69) is 10.1 Å². The quantitative estimate of drug-likeness (QED) is 0.571. The van der Waals surface area contributed by atoms with Crippen LogP contribution >= 0.6 is 11.8 Å². The molecule has 0 unspecified atom stereocenters. The maximum absolute atomic E-state index is 14.4. The highest BCUT2D eigenvalue weighted by Gasteiger charge is 2.34. The van der Waals surface area contributed by atoms with Gasteiger partial charge in [0.2, 0.25) is 5.17 Å². The van der Waals surface area contributed by atoms with Crippen molar-refractivity contribution in [2.24, 2.45) is 10.1 Å². The second-order valence-corrected chi connectivity index (χ2v) is 9.00. The van der Waals surface area contributed by atoms with E-state index in [0.717, 1.165) is 32.8 Å². The number of aliphatic imine (C=N–C) groups is 1. The van der Waals surface area contributed by atoms with E-state index in [0.29, 0.717) is 17.3 Å². The van der Waals surface area contributed by atoms with Crippen LogP contribution in [0.15, 0.2) is 58.1 Å². The molecule has 0 saturated carbocycles. The summed E-state index contributed by atoms with van der Waals surface area (Å²) in [5, 5.41) is 16.3. The standard InChI is InChI=1S/C24H20FN5OS/c1-13-8-9-21-18(10-13)17(14(2)29(21)12-16-6-4-5-7-20(16)25)11-19-22(26)30-24(27-23(19)31)32-15(3)28-30/h4-11,26H,12H2,1-3H3/b19-11+,26-22?. The smallest absolute Gasteiger partial charge is 0.283 e. The van der Waals surface area contributed by atoms with Gasteiger partial charge < -0.3 is 4.57 Å². The molecule has 3 heterocycles. The molecule has 0 fully saturated rings. The van der Waals surface area contributed by atoms with Crippen LogP contribution in [0.2, 0.25) is 0 Å². The number of halogens is 1. The highest BCUT2D eigenvalue weighted by Crippen LogP contribution is 2.33. The topological polar surface area (TPSA) is 73.8 Å². The SMILES string of the molecule is CC1=NN2C(=N)/C(=C\c3c(C)n(Cc4ccccc4F)c4ccc(C)cc34)C(=O)N=C2S1. The molecule has 0 spiro atoms. The van der Waals surface area contributed by atoms with Gasteiger partial charge in [-0.1, -0.05) is 29.8 Å². The molecule has 1 N–H and O–H groups in total. The molecule has 0 saturated heterocycles. The lowest BCUT2D eigenvalue weighted by atomic mass is 10.0.